The number of anilines is 1. The molecule has 2 aromatic carbocycles. The third kappa shape index (κ3) is 3.36. The van der Waals surface area contributed by atoms with Crippen LogP contribution in [0.3, 0.4) is 0 Å². The van der Waals surface area contributed by atoms with Gasteiger partial charge < -0.3 is 18.9 Å². The molecule has 1 saturated heterocycles. The number of hydrogen-bond acceptors (Lipinski definition) is 7. The fourth-order valence-electron chi connectivity index (χ4n) is 3.01. The van der Waals surface area contributed by atoms with Gasteiger partial charge in [0.1, 0.15) is 17.1 Å². The average Bonchev–Trinajstić information content (AvgIpc) is 3.18. The zero-order valence-electron chi connectivity index (χ0n) is 15.6. The molecule has 0 saturated carbocycles. The first kappa shape index (κ1) is 18.8. The Labute approximate surface area is 171 Å². The van der Waals surface area contributed by atoms with Gasteiger partial charge >= 0.3 is 0 Å². The highest BCUT2D eigenvalue weighted by molar-refractivity contribution is 7.80. The molecule has 8 nitrogen and oxygen atoms in total. The van der Waals surface area contributed by atoms with E-state index in [1.54, 1.807) is 43.5 Å². The molecular weight excluding hydrogens is 396 g/mol. The lowest BCUT2D eigenvalue weighted by molar-refractivity contribution is -0.122. The van der Waals surface area contributed by atoms with Crippen LogP contribution in [0.2, 0.25) is 0 Å². The summed E-state index contributed by atoms with van der Waals surface area (Å²) in [4.78, 5) is 26.9. The van der Waals surface area contributed by atoms with Crippen molar-refractivity contribution < 1.29 is 28.5 Å². The van der Waals surface area contributed by atoms with E-state index in [1.165, 1.54) is 18.1 Å². The number of amides is 2. The smallest absolute Gasteiger partial charge is 0.270 e. The van der Waals surface area contributed by atoms with Crippen LogP contribution in [-0.4, -0.2) is 37.9 Å². The molecule has 2 aromatic rings. The summed E-state index contributed by atoms with van der Waals surface area (Å²) in [6.45, 7) is 0.0947. The highest BCUT2D eigenvalue weighted by atomic mass is 32.1. The van der Waals surface area contributed by atoms with Crippen molar-refractivity contribution in [2.45, 2.75) is 0 Å². The lowest BCUT2D eigenvalue weighted by Crippen LogP contribution is -2.54. The minimum absolute atomic E-state index is 0.0000292. The van der Waals surface area contributed by atoms with E-state index in [4.69, 9.17) is 31.2 Å². The SMILES string of the molecule is COc1ccc(N2C(=O)/C(=C\c3cc4c(cc3OC)OCO4)C(=O)NC2=S)cc1. The molecule has 1 N–H and O–H groups in total. The number of nitrogens with one attached hydrogen (secondary N) is 1. The van der Waals surface area contributed by atoms with E-state index in [1.807, 2.05) is 0 Å². The molecule has 2 heterocycles. The summed E-state index contributed by atoms with van der Waals surface area (Å²) in [5, 5.41) is 2.55. The Bertz CT molecular complexity index is 1050. The molecule has 0 unspecified atom stereocenters. The summed E-state index contributed by atoms with van der Waals surface area (Å²) < 4.78 is 21.2. The Balaban J connectivity index is 1.74. The van der Waals surface area contributed by atoms with Crippen molar-refractivity contribution in [3.63, 3.8) is 0 Å². The summed E-state index contributed by atoms with van der Waals surface area (Å²) in [5.74, 6) is 0.960. The van der Waals surface area contributed by atoms with Crippen LogP contribution in [0.15, 0.2) is 42.0 Å². The Hall–Kier alpha value is -3.59. The van der Waals surface area contributed by atoms with Crippen LogP contribution in [-0.2, 0) is 9.59 Å². The zero-order valence-corrected chi connectivity index (χ0v) is 16.4. The van der Waals surface area contributed by atoms with Crippen molar-refractivity contribution in [2.24, 2.45) is 0 Å². The molecule has 0 aromatic heterocycles. The number of nitrogens with zero attached hydrogens (tertiary/aromatic N) is 1. The molecule has 4 rings (SSSR count). The summed E-state index contributed by atoms with van der Waals surface area (Å²) in [6.07, 6.45) is 1.44. The normalized spacial score (nSPS) is 16.8. The van der Waals surface area contributed by atoms with Crippen molar-refractivity contribution in [1.29, 1.82) is 0 Å². The first-order chi connectivity index (χ1) is 14.0. The molecule has 2 amide bonds. The molecule has 29 heavy (non-hydrogen) atoms. The predicted molar refractivity (Wildman–Crippen MR) is 108 cm³/mol. The van der Waals surface area contributed by atoms with Gasteiger partial charge in [-0.15, -0.1) is 0 Å². The second-order valence-corrected chi connectivity index (χ2v) is 6.49. The molecule has 0 atom stereocenters. The number of hydrogen-bond donors (Lipinski definition) is 1. The van der Waals surface area contributed by atoms with E-state index in [2.05, 4.69) is 5.32 Å². The van der Waals surface area contributed by atoms with Crippen LogP contribution in [0.4, 0.5) is 5.69 Å². The van der Waals surface area contributed by atoms with E-state index < -0.39 is 11.8 Å². The molecule has 9 heteroatoms. The van der Waals surface area contributed by atoms with Gasteiger partial charge in [0.15, 0.2) is 16.6 Å². The number of thiocarbonyl (C=S) groups is 1. The maximum Gasteiger partial charge on any atom is 0.270 e. The number of ether oxygens (including phenoxy) is 4. The van der Waals surface area contributed by atoms with Crippen molar-refractivity contribution >= 4 is 40.9 Å². The van der Waals surface area contributed by atoms with Gasteiger partial charge in [-0.25, -0.2) is 0 Å². The van der Waals surface area contributed by atoms with Crippen LogP contribution >= 0.6 is 12.2 Å². The molecule has 0 aliphatic carbocycles. The summed E-state index contributed by atoms with van der Waals surface area (Å²) in [5.41, 5.74) is 0.911. The third-order valence-electron chi connectivity index (χ3n) is 4.46. The quantitative estimate of drug-likeness (QED) is 0.468. The maximum absolute atomic E-state index is 13.1. The van der Waals surface area contributed by atoms with Crippen molar-refractivity contribution in [3.8, 4) is 23.0 Å². The van der Waals surface area contributed by atoms with E-state index in [0.717, 1.165) is 0 Å². The first-order valence-corrected chi connectivity index (χ1v) is 8.96. The van der Waals surface area contributed by atoms with Crippen LogP contribution in [0.5, 0.6) is 23.0 Å². The fourth-order valence-corrected chi connectivity index (χ4v) is 3.29. The minimum Gasteiger partial charge on any atom is -0.497 e. The Kier molecular flexibility index (Phi) is 4.81. The second-order valence-electron chi connectivity index (χ2n) is 6.10. The van der Waals surface area contributed by atoms with Crippen molar-refractivity contribution in [1.82, 2.24) is 5.32 Å². The highest BCUT2D eigenvalue weighted by Crippen LogP contribution is 2.39. The number of benzene rings is 2. The van der Waals surface area contributed by atoms with Gasteiger partial charge in [0.2, 0.25) is 6.79 Å². The maximum atomic E-state index is 13.1. The number of carbonyl (C=O) groups is 2. The molecule has 0 bridgehead atoms. The van der Waals surface area contributed by atoms with Gasteiger partial charge in [0.05, 0.1) is 19.9 Å². The van der Waals surface area contributed by atoms with Gasteiger partial charge in [-0.3, -0.25) is 19.8 Å². The zero-order chi connectivity index (χ0) is 20.5. The van der Waals surface area contributed by atoms with Crippen LogP contribution < -0.4 is 29.2 Å². The predicted octanol–water partition coefficient (Wildman–Crippen LogP) is 2.26. The molecular formula is C20H16N2O6S. The van der Waals surface area contributed by atoms with Gasteiger partial charge in [0, 0.05) is 11.6 Å². The highest BCUT2D eigenvalue weighted by Gasteiger charge is 2.35. The van der Waals surface area contributed by atoms with Crippen LogP contribution in [0, 0.1) is 0 Å². The number of rotatable bonds is 4. The lowest BCUT2D eigenvalue weighted by atomic mass is 10.1. The molecule has 2 aliphatic heterocycles. The fraction of sp³-hybridized carbons (Fsp3) is 0.150. The third-order valence-corrected chi connectivity index (χ3v) is 4.74. The summed E-state index contributed by atoms with van der Waals surface area (Å²) in [7, 11) is 3.03. The topological polar surface area (TPSA) is 86.3 Å². The van der Waals surface area contributed by atoms with Gasteiger partial charge in [-0.1, -0.05) is 0 Å². The monoisotopic (exact) mass is 412 g/mol. The molecule has 1 fully saturated rings. The lowest BCUT2D eigenvalue weighted by Gasteiger charge is -2.29. The average molecular weight is 412 g/mol. The minimum atomic E-state index is -0.593. The Morgan fingerprint density at radius 1 is 1.07 bits per heavy atom. The molecule has 148 valence electrons. The van der Waals surface area contributed by atoms with Crippen molar-refractivity contribution in [2.75, 3.05) is 25.9 Å². The molecule has 2 aliphatic rings. The van der Waals surface area contributed by atoms with E-state index in [0.29, 0.717) is 34.2 Å². The first-order valence-electron chi connectivity index (χ1n) is 8.55. The molecule has 0 spiro atoms. The second kappa shape index (κ2) is 7.44. The van der Waals surface area contributed by atoms with Gasteiger partial charge in [-0.05, 0) is 48.6 Å². The Morgan fingerprint density at radius 3 is 2.41 bits per heavy atom. The van der Waals surface area contributed by atoms with Crippen molar-refractivity contribution in [3.05, 3.63) is 47.5 Å². The Morgan fingerprint density at radius 2 is 1.76 bits per heavy atom. The number of methoxy groups -OCH3 is 2. The van der Waals surface area contributed by atoms with Gasteiger partial charge in [0.25, 0.3) is 11.8 Å². The largest absolute Gasteiger partial charge is 0.497 e. The van der Waals surface area contributed by atoms with Crippen LogP contribution in [0.1, 0.15) is 5.56 Å². The van der Waals surface area contributed by atoms with Gasteiger partial charge in [-0.2, -0.15) is 0 Å². The molecule has 0 radical (unpaired) electrons. The summed E-state index contributed by atoms with van der Waals surface area (Å²) >= 11 is 5.21. The summed E-state index contributed by atoms with van der Waals surface area (Å²) in [6, 6.07) is 10.1. The number of fused-ring (bicyclic) bond motifs is 1. The number of carbonyl (C=O) groups excluding carboxylic acids is 2. The van der Waals surface area contributed by atoms with Crippen LogP contribution in [0.25, 0.3) is 6.08 Å². The standard InChI is InChI=1S/C20H16N2O6S/c1-25-13-5-3-12(4-6-13)22-19(24)14(18(23)21-20(22)29)7-11-8-16-17(28-10-27-16)9-15(11)26-2/h3-9H,10H2,1-2H3,(H,21,23,29)/b14-7-. The van der Waals surface area contributed by atoms with E-state index >= 15 is 0 Å². The van der Waals surface area contributed by atoms with E-state index in [-0.39, 0.29) is 17.5 Å². The van der Waals surface area contributed by atoms with E-state index in [9.17, 15) is 9.59 Å².